The number of carbonyl (C=O) groups excluding carboxylic acids is 1. The van der Waals surface area contributed by atoms with E-state index in [0.717, 1.165) is 25.7 Å². The smallest absolute Gasteiger partial charge is 0.211 e. The van der Waals surface area contributed by atoms with Crippen molar-refractivity contribution in [2.45, 2.75) is 53.4 Å². The van der Waals surface area contributed by atoms with Gasteiger partial charge in [-0.1, -0.05) is 34.9 Å². The fraction of sp³-hybridized carbons (Fsp3) is 0.562. The standard InChI is InChI=1S/C16H25NO/c1-14(2)7-5-8-15(3)9-6-10-16(4)11-12-17-13-18/h7,9,11H,5-6,8,10,12H2,1-4H3. The highest BCUT2D eigenvalue weighted by Crippen LogP contribution is 2.11. The predicted octanol–water partition coefficient (Wildman–Crippen LogP) is 4.74. The molecule has 0 aliphatic carbocycles. The summed E-state index contributed by atoms with van der Waals surface area (Å²) in [4.78, 5) is 13.4. The number of allylic oxidation sites excluding steroid dienone is 5. The SMILES string of the molecule is CC(C)=CCCC(C)=CCCC(C)=CCN=C=O. The first kappa shape index (κ1) is 16.6. The second kappa shape index (κ2) is 10.7. The van der Waals surface area contributed by atoms with Crippen molar-refractivity contribution in [2.75, 3.05) is 6.54 Å². The molecule has 0 saturated heterocycles. The third kappa shape index (κ3) is 11.1. The summed E-state index contributed by atoms with van der Waals surface area (Å²) in [5.41, 5.74) is 4.12. The Labute approximate surface area is 111 Å². The van der Waals surface area contributed by atoms with Gasteiger partial charge >= 0.3 is 0 Å². The molecular weight excluding hydrogens is 222 g/mol. The Kier molecular flexibility index (Phi) is 9.90. The molecule has 100 valence electrons. The van der Waals surface area contributed by atoms with E-state index in [9.17, 15) is 4.79 Å². The average Bonchev–Trinajstić information content (AvgIpc) is 2.29. The molecule has 2 nitrogen and oxygen atoms in total. The molecular formula is C16H25NO. The molecule has 0 aromatic rings. The molecule has 0 radical (unpaired) electrons. The zero-order valence-corrected chi connectivity index (χ0v) is 12.1. The lowest BCUT2D eigenvalue weighted by molar-refractivity contribution is 0.564. The van der Waals surface area contributed by atoms with Crippen LogP contribution in [0.4, 0.5) is 0 Å². The number of nitrogens with zero attached hydrogens (tertiary/aromatic N) is 1. The van der Waals surface area contributed by atoms with Gasteiger partial charge in [0.2, 0.25) is 6.08 Å². The van der Waals surface area contributed by atoms with Crippen LogP contribution in [-0.2, 0) is 4.79 Å². The van der Waals surface area contributed by atoms with Crippen LogP contribution >= 0.6 is 0 Å². The fourth-order valence-corrected chi connectivity index (χ4v) is 1.58. The second-order valence-electron chi connectivity index (χ2n) is 4.89. The van der Waals surface area contributed by atoms with Gasteiger partial charge in [-0.25, -0.2) is 9.79 Å². The van der Waals surface area contributed by atoms with Crippen molar-refractivity contribution in [3.63, 3.8) is 0 Å². The molecule has 18 heavy (non-hydrogen) atoms. The largest absolute Gasteiger partial charge is 0.235 e. The first-order chi connectivity index (χ1) is 8.56. The van der Waals surface area contributed by atoms with Gasteiger partial charge in [-0.05, 0) is 53.4 Å². The molecule has 0 amide bonds. The molecule has 0 aromatic carbocycles. The van der Waals surface area contributed by atoms with Gasteiger partial charge in [0.15, 0.2) is 0 Å². The summed E-state index contributed by atoms with van der Waals surface area (Å²) in [5, 5.41) is 0. The lowest BCUT2D eigenvalue weighted by atomic mass is 10.1. The Hall–Kier alpha value is -1.40. The summed E-state index contributed by atoms with van der Waals surface area (Å²) in [6.07, 6.45) is 12.5. The van der Waals surface area contributed by atoms with E-state index in [1.165, 1.54) is 16.7 Å². The van der Waals surface area contributed by atoms with Crippen molar-refractivity contribution < 1.29 is 4.79 Å². The predicted molar refractivity (Wildman–Crippen MR) is 78.4 cm³/mol. The van der Waals surface area contributed by atoms with Crippen LogP contribution in [-0.4, -0.2) is 12.6 Å². The van der Waals surface area contributed by atoms with Crippen LogP contribution in [0.5, 0.6) is 0 Å². The van der Waals surface area contributed by atoms with Crippen LogP contribution in [0, 0.1) is 0 Å². The molecule has 0 spiro atoms. The van der Waals surface area contributed by atoms with Crippen molar-refractivity contribution in [1.29, 1.82) is 0 Å². The monoisotopic (exact) mass is 247 g/mol. The van der Waals surface area contributed by atoms with Gasteiger partial charge in [0, 0.05) is 0 Å². The first-order valence-electron chi connectivity index (χ1n) is 6.54. The molecule has 0 aromatic heterocycles. The van der Waals surface area contributed by atoms with E-state index in [-0.39, 0.29) is 0 Å². The second-order valence-corrected chi connectivity index (χ2v) is 4.89. The van der Waals surface area contributed by atoms with E-state index in [1.54, 1.807) is 6.08 Å². The molecule has 0 aliphatic heterocycles. The highest BCUT2D eigenvalue weighted by atomic mass is 16.1. The van der Waals surface area contributed by atoms with E-state index in [4.69, 9.17) is 0 Å². The van der Waals surface area contributed by atoms with Crippen LogP contribution in [0.2, 0.25) is 0 Å². The number of rotatable bonds is 8. The molecule has 0 rings (SSSR count). The molecule has 0 atom stereocenters. The van der Waals surface area contributed by atoms with Crippen molar-refractivity contribution >= 4 is 6.08 Å². The summed E-state index contributed by atoms with van der Waals surface area (Å²) in [6, 6.07) is 0. The van der Waals surface area contributed by atoms with Gasteiger partial charge in [0.25, 0.3) is 0 Å². The molecule has 0 saturated carbocycles. The van der Waals surface area contributed by atoms with E-state index in [2.05, 4.69) is 44.8 Å². The van der Waals surface area contributed by atoms with E-state index in [0.29, 0.717) is 6.54 Å². The molecule has 2 heteroatoms. The number of hydrogen-bond acceptors (Lipinski definition) is 2. The zero-order valence-electron chi connectivity index (χ0n) is 12.1. The minimum atomic E-state index is 0.457. The van der Waals surface area contributed by atoms with Crippen molar-refractivity contribution in [3.05, 3.63) is 34.9 Å². The van der Waals surface area contributed by atoms with Gasteiger partial charge in [-0.2, -0.15) is 0 Å². The van der Waals surface area contributed by atoms with Gasteiger partial charge in [0.1, 0.15) is 0 Å². The maximum atomic E-state index is 9.90. The van der Waals surface area contributed by atoms with Crippen LogP contribution < -0.4 is 0 Å². The summed E-state index contributed by atoms with van der Waals surface area (Å²) in [5.74, 6) is 0. The van der Waals surface area contributed by atoms with Gasteiger partial charge < -0.3 is 0 Å². The number of isocyanates is 1. The van der Waals surface area contributed by atoms with E-state index >= 15 is 0 Å². The molecule has 0 fully saturated rings. The first-order valence-corrected chi connectivity index (χ1v) is 6.54. The minimum absolute atomic E-state index is 0.457. The zero-order chi connectivity index (χ0) is 13.8. The Bertz CT molecular complexity index is 365. The molecule has 0 aliphatic rings. The maximum absolute atomic E-state index is 9.90. The van der Waals surface area contributed by atoms with Crippen molar-refractivity contribution in [1.82, 2.24) is 0 Å². The highest BCUT2D eigenvalue weighted by molar-refractivity contribution is 5.33. The average molecular weight is 247 g/mol. The van der Waals surface area contributed by atoms with Gasteiger partial charge in [-0.3, -0.25) is 0 Å². The Morgan fingerprint density at radius 2 is 1.50 bits per heavy atom. The lowest BCUT2D eigenvalue weighted by Crippen LogP contribution is -1.82. The normalized spacial score (nSPS) is 12.0. The van der Waals surface area contributed by atoms with Crippen LogP contribution in [0.15, 0.2) is 39.9 Å². The Balaban J connectivity index is 3.89. The number of hydrogen-bond donors (Lipinski definition) is 0. The van der Waals surface area contributed by atoms with E-state index in [1.807, 2.05) is 6.08 Å². The van der Waals surface area contributed by atoms with E-state index < -0.39 is 0 Å². The van der Waals surface area contributed by atoms with Crippen LogP contribution in [0.25, 0.3) is 0 Å². The molecule has 0 bridgehead atoms. The Morgan fingerprint density at radius 1 is 0.944 bits per heavy atom. The van der Waals surface area contributed by atoms with Gasteiger partial charge in [-0.15, -0.1) is 0 Å². The summed E-state index contributed by atoms with van der Waals surface area (Å²) in [7, 11) is 0. The molecule has 0 heterocycles. The van der Waals surface area contributed by atoms with Gasteiger partial charge in [0.05, 0.1) is 6.54 Å². The summed E-state index contributed by atoms with van der Waals surface area (Å²) >= 11 is 0. The maximum Gasteiger partial charge on any atom is 0.235 e. The number of aliphatic imine (C=N–C) groups is 1. The molecule has 0 N–H and O–H groups in total. The Morgan fingerprint density at radius 3 is 2.06 bits per heavy atom. The minimum Gasteiger partial charge on any atom is -0.211 e. The highest BCUT2D eigenvalue weighted by Gasteiger charge is 1.91. The summed E-state index contributed by atoms with van der Waals surface area (Å²) < 4.78 is 0. The van der Waals surface area contributed by atoms with Crippen molar-refractivity contribution in [3.8, 4) is 0 Å². The quantitative estimate of drug-likeness (QED) is 0.346. The topological polar surface area (TPSA) is 29.4 Å². The molecule has 0 unspecified atom stereocenters. The third-order valence-electron chi connectivity index (χ3n) is 2.72. The fourth-order valence-electron chi connectivity index (χ4n) is 1.58. The lowest BCUT2D eigenvalue weighted by Gasteiger charge is -2.00. The summed E-state index contributed by atoms with van der Waals surface area (Å²) in [6.45, 7) is 8.99. The third-order valence-corrected chi connectivity index (χ3v) is 2.72. The van der Waals surface area contributed by atoms with Crippen molar-refractivity contribution in [2.24, 2.45) is 4.99 Å². The van der Waals surface area contributed by atoms with Crippen LogP contribution in [0.3, 0.4) is 0 Å². The van der Waals surface area contributed by atoms with Crippen LogP contribution in [0.1, 0.15) is 53.4 Å².